The number of methoxy groups -OCH3 is 1. The summed E-state index contributed by atoms with van der Waals surface area (Å²) in [6, 6.07) is 13.2. The Labute approximate surface area is 227 Å². The first-order valence-corrected chi connectivity index (χ1v) is 14.4. The van der Waals surface area contributed by atoms with Crippen LogP contribution in [0.1, 0.15) is 12.8 Å². The second-order valence-corrected chi connectivity index (χ2v) is 11.0. The van der Waals surface area contributed by atoms with E-state index in [4.69, 9.17) is 21.4 Å². The summed E-state index contributed by atoms with van der Waals surface area (Å²) < 4.78 is 31.6. The average Bonchev–Trinajstić information content (AvgIpc) is 2.90. The molecule has 0 amide bonds. The third-order valence-corrected chi connectivity index (χ3v) is 6.92. The van der Waals surface area contributed by atoms with Crippen molar-refractivity contribution in [3.05, 3.63) is 53.7 Å². The van der Waals surface area contributed by atoms with Gasteiger partial charge in [-0.3, -0.25) is 4.72 Å². The molecular formula is C25H32ClN7O4S. The average molecular weight is 562 g/mol. The molecule has 204 valence electrons. The number of aliphatic hydroxyl groups excluding tert-OH is 1. The first kappa shape index (κ1) is 27.7. The van der Waals surface area contributed by atoms with Crippen molar-refractivity contribution in [1.82, 2.24) is 15.3 Å². The van der Waals surface area contributed by atoms with Gasteiger partial charge in [0.15, 0.2) is 5.82 Å². The molecule has 1 aromatic heterocycles. The number of piperidine rings is 1. The summed E-state index contributed by atoms with van der Waals surface area (Å²) in [5, 5.41) is 18.9. The van der Waals surface area contributed by atoms with Crippen LogP contribution >= 0.6 is 11.6 Å². The zero-order valence-electron chi connectivity index (χ0n) is 21.2. The van der Waals surface area contributed by atoms with Crippen LogP contribution in [-0.4, -0.2) is 69.1 Å². The van der Waals surface area contributed by atoms with Gasteiger partial charge in [0.1, 0.15) is 10.8 Å². The molecule has 0 aliphatic carbocycles. The van der Waals surface area contributed by atoms with Crippen LogP contribution < -0.4 is 30.3 Å². The minimum absolute atomic E-state index is 0.147. The monoisotopic (exact) mass is 561 g/mol. The second kappa shape index (κ2) is 12.5. The van der Waals surface area contributed by atoms with Gasteiger partial charge in [0.25, 0.3) is 0 Å². The van der Waals surface area contributed by atoms with Crippen LogP contribution in [0, 0.1) is 0 Å². The smallest absolute Gasteiger partial charge is 0.229 e. The van der Waals surface area contributed by atoms with Gasteiger partial charge in [-0.2, -0.15) is 4.98 Å². The summed E-state index contributed by atoms with van der Waals surface area (Å²) in [6.45, 7) is 2.58. The lowest BCUT2D eigenvalue weighted by molar-refractivity contribution is 0.277. The highest BCUT2D eigenvalue weighted by atomic mass is 35.5. The summed E-state index contributed by atoms with van der Waals surface area (Å²) in [5.41, 5.74) is 2.59. The van der Waals surface area contributed by atoms with Crippen molar-refractivity contribution in [3.8, 4) is 5.75 Å². The maximum absolute atomic E-state index is 11.7. The van der Waals surface area contributed by atoms with Crippen LogP contribution in [0.15, 0.2) is 48.7 Å². The molecular weight excluding hydrogens is 530 g/mol. The number of ether oxygens (including phenoxy) is 1. The predicted molar refractivity (Wildman–Crippen MR) is 152 cm³/mol. The van der Waals surface area contributed by atoms with E-state index in [9.17, 15) is 8.42 Å². The largest absolute Gasteiger partial charge is 0.494 e. The number of halogens is 1. The number of benzene rings is 2. The van der Waals surface area contributed by atoms with Gasteiger partial charge >= 0.3 is 0 Å². The fourth-order valence-electron chi connectivity index (χ4n) is 4.23. The molecule has 1 aliphatic heterocycles. The Morgan fingerprint density at radius 2 is 1.84 bits per heavy atom. The van der Waals surface area contributed by atoms with E-state index in [1.807, 2.05) is 18.2 Å². The van der Waals surface area contributed by atoms with Crippen molar-refractivity contribution in [3.63, 3.8) is 0 Å². The molecule has 38 heavy (non-hydrogen) atoms. The molecule has 0 atom stereocenters. The molecule has 2 heterocycles. The number of para-hydroxylation sites is 2. The molecule has 0 bridgehead atoms. The number of hydrogen-bond donors (Lipinski definition) is 5. The summed E-state index contributed by atoms with van der Waals surface area (Å²) in [5.74, 6) is 1.23. The number of anilines is 6. The summed E-state index contributed by atoms with van der Waals surface area (Å²) in [7, 11) is -1.87. The molecule has 2 aromatic carbocycles. The SMILES string of the molecule is COc1cc(N2CCC(NCCO)CC2)ccc1Nc1ncc(Cl)c(Nc2ccccc2NS(C)(=O)=O)n1. The second-order valence-electron chi connectivity index (χ2n) is 8.88. The lowest BCUT2D eigenvalue weighted by atomic mass is 10.0. The van der Waals surface area contributed by atoms with Gasteiger partial charge in [0.2, 0.25) is 16.0 Å². The summed E-state index contributed by atoms with van der Waals surface area (Å²) in [6.07, 6.45) is 4.54. The van der Waals surface area contributed by atoms with Crippen molar-refractivity contribution in [2.24, 2.45) is 0 Å². The van der Waals surface area contributed by atoms with Crippen LogP contribution in [0.4, 0.5) is 34.5 Å². The van der Waals surface area contributed by atoms with E-state index in [0.29, 0.717) is 41.2 Å². The van der Waals surface area contributed by atoms with E-state index in [0.717, 1.165) is 37.9 Å². The van der Waals surface area contributed by atoms with Crippen molar-refractivity contribution < 1.29 is 18.3 Å². The molecule has 1 aliphatic rings. The zero-order chi connectivity index (χ0) is 27.1. The van der Waals surface area contributed by atoms with E-state index in [1.54, 1.807) is 31.4 Å². The Hall–Kier alpha value is -3.32. The first-order chi connectivity index (χ1) is 18.3. The zero-order valence-corrected chi connectivity index (χ0v) is 22.8. The summed E-state index contributed by atoms with van der Waals surface area (Å²) in [4.78, 5) is 11.1. The third-order valence-electron chi connectivity index (χ3n) is 6.06. The first-order valence-electron chi connectivity index (χ1n) is 12.2. The molecule has 0 radical (unpaired) electrons. The predicted octanol–water partition coefficient (Wildman–Crippen LogP) is 3.55. The highest BCUT2D eigenvalue weighted by Crippen LogP contribution is 2.34. The Balaban J connectivity index is 1.48. The molecule has 1 fully saturated rings. The number of aliphatic hydroxyl groups is 1. The summed E-state index contributed by atoms with van der Waals surface area (Å²) >= 11 is 6.34. The minimum atomic E-state index is -3.47. The lowest BCUT2D eigenvalue weighted by Crippen LogP contribution is -2.43. The molecule has 5 N–H and O–H groups in total. The minimum Gasteiger partial charge on any atom is -0.494 e. The van der Waals surface area contributed by atoms with E-state index >= 15 is 0 Å². The van der Waals surface area contributed by atoms with Crippen molar-refractivity contribution in [2.75, 3.05) is 59.9 Å². The van der Waals surface area contributed by atoms with Crippen LogP contribution in [0.2, 0.25) is 5.02 Å². The maximum atomic E-state index is 11.7. The van der Waals surface area contributed by atoms with E-state index in [-0.39, 0.29) is 17.6 Å². The molecule has 0 saturated carbocycles. The van der Waals surface area contributed by atoms with Gasteiger partial charge in [-0.1, -0.05) is 23.7 Å². The van der Waals surface area contributed by atoms with E-state index < -0.39 is 10.0 Å². The van der Waals surface area contributed by atoms with Gasteiger partial charge in [-0.25, -0.2) is 13.4 Å². The number of hydrogen-bond acceptors (Lipinski definition) is 10. The molecule has 3 aromatic rings. The third kappa shape index (κ3) is 7.38. The van der Waals surface area contributed by atoms with Crippen LogP contribution in [0.5, 0.6) is 5.75 Å². The van der Waals surface area contributed by atoms with Crippen LogP contribution in [-0.2, 0) is 10.0 Å². The van der Waals surface area contributed by atoms with E-state index in [1.165, 1.54) is 6.20 Å². The Morgan fingerprint density at radius 3 is 2.53 bits per heavy atom. The van der Waals surface area contributed by atoms with Gasteiger partial charge in [-0.15, -0.1) is 0 Å². The Bertz CT molecular complexity index is 1350. The highest BCUT2D eigenvalue weighted by Gasteiger charge is 2.20. The van der Waals surface area contributed by atoms with Crippen LogP contribution in [0.3, 0.4) is 0 Å². The maximum Gasteiger partial charge on any atom is 0.229 e. The lowest BCUT2D eigenvalue weighted by Gasteiger charge is -2.34. The van der Waals surface area contributed by atoms with Gasteiger partial charge in [0.05, 0.1) is 43.2 Å². The number of aromatic nitrogens is 2. The van der Waals surface area contributed by atoms with Crippen molar-refractivity contribution >= 4 is 56.1 Å². The fourth-order valence-corrected chi connectivity index (χ4v) is 4.95. The van der Waals surface area contributed by atoms with Crippen molar-refractivity contribution in [1.29, 1.82) is 0 Å². The number of sulfonamides is 1. The normalized spacial score (nSPS) is 14.3. The number of nitrogens with zero attached hydrogens (tertiary/aromatic N) is 3. The topological polar surface area (TPSA) is 141 Å². The molecule has 4 rings (SSSR count). The highest BCUT2D eigenvalue weighted by molar-refractivity contribution is 7.92. The van der Waals surface area contributed by atoms with Crippen LogP contribution in [0.25, 0.3) is 0 Å². The molecule has 0 unspecified atom stereocenters. The number of nitrogens with one attached hydrogen (secondary N) is 4. The fraction of sp³-hybridized carbons (Fsp3) is 0.360. The van der Waals surface area contributed by atoms with Crippen molar-refractivity contribution in [2.45, 2.75) is 18.9 Å². The molecule has 13 heteroatoms. The quantitative estimate of drug-likeness (QED) is 0.236. The Kier molecular flexibility index (Phi) is 9.10. The molecule has 0 spiro atoms. The van der Waals surface area contributed by atoms with Gasteiger partial charge in [-0.05, 0) is 37.1 Å². The Morgan fingerprint density at radius 1 is 1.11 bits per heavy atom. The van der Waals surface area contributed by atoms with Gasteiger partial charge in [0, 0.05) is 37.4 Å². The standard InChI is InChI=1S/C25H32ClN7O4S/c1-37-23-15-18(33-12-9-17(10-13-33)27-11-14-34)7-8-22(23)30-25-28-16-19(26)24(31-25)29-20-5-3-4-6-21(20)32-38(2,35)36/h3-8,15-17,27,32,34H,9-14H2,1-2H3,(H2,28,29,30,31). The number of rotatable bonds is 11. The van der Waals surface area contributed by atoms with Gasteiger partial charge < -0.3 is 30.7 Å². The van der Waals surface area contributed by atoms with E-state index in [2.05, 4.69) is 35.5 Å². The molecule has 1 saturated heterocycles. The molecule has 11 nitrogen and oxygen atoms in total.